The Morgan fingerprint density at radius 2 is 1.81 bits per heavy atom. The molecule has 3 heterocycles. The summed E-state index contributed by atoms with van der Waals surface area (Å²) in [6.07, 6.45) is 0. The highest BCUT2D eigenvalue weighted by Gasteiger charge is 2.14. The average molecular weight is 446 g/mol. The standard InChI is InChI=1S/C21H19N9OS/c1-12-23-18-13-7-3-4-8-14(13)25-21(30(18)29-12)32-11-17-26-19(22)28-20(27-17)24-15-9-5-6-10-16(15)31-2/h3-10H,11H2,1-2H3,(H3,22,24,26,27,28). The van der Waals surface area contributed by atoms with Crippen molar-refractivity contribution in [1.29, 1.82) is 0 Å². The third-order valence-electron chi connectivity index (χ3n) is 4.64. The van der Waals surface area contributed by atoms with Crippen LogP contribution < -0.4 is 15.8 Å². The fourth-order valence-electron chi connectivity index (χ4n) is 3.28. The Morgan fingerprint density at radius 3 is 2.69 bits per heavy atom. The SMILES string of the molecule is COc1ccccc1Nc1nc(N)nc(CSc2nc3ccccc3c3nc(C)nn23)n1. The largest absolute Gasteiger partial charge is 0.495 e. The number of rotatable bonds is 6. The van der Waals surface area contributed by atoms with Crippen molar-refractivity contribution in [3.8, 4) is 5.75 Å². The van der Waals surface area contributed by atoms with Crippen LogP contribution in [0.25, 0.3) is 16.6 Å². The Labute approximate surface area is 187 Å². The second kappa shape index (κ2) is 8.27. The van der Waals surface area contributed by atoms with Crippen LogP contribution in [0.4, 0.5) is 17.6 Å². The van der Waals surface area contributed by atoms with E-state index >= 15 is 0 Å². The van der Waals surface area contributed by atoms with Crippen LogP contribution in [-0.4, -0.2) is 41.6 Å². The molecule has 0 aliphatic carbocycles. The summed E-state index contributed by atoms with van der Waals surface area (Å²) in [6.45, 7) is 1.86. The zero-order chi connectivity index (χ0) is 22.1. The number of aryl methyl sites for hydroxylation is 1. The highest BCUT2D eigenvalue weighted by atomic mass is 32.2. The molecular weight excluding hydrogens is 426 g/mol. The number of fused-ring (bicyclic) bond motifs is 3. The third kappa shape index (κ3) is 3.85. The van der Waals surface area contributed by atoms with E-state index in [4.69, 9.17) is 15.5 Å². The number of benzene rings is 2. The maximum absolute atomic E-state index is 5.93. The van der Waals surface area contributed by atoms with Crippen LogP contribution in [0, 0.1) is 6.92 Å². The lowest BCUT2D eigenvalue weighted by atomic mass is 10.2. The first-order valence-electron chi connectivity index (χ1n) is 9.76. The van der Waals surface area contributed by atoms with Gasteiger partial charge in [-0.05, 0) is 31.2 Å². The minimum absolute atomic E-state index is 0.126. The molecule has 0 radical (unpaired) electrons. The summed E-state index contributed by atoms with van der Waals surface area (Å²) in [5.41, 5.74) is 8.29. The zero-order valence-corrected chi connectivity index (χ0v) is 18.2. The predicted molar refractivity (Wildman–Crippen MR) is 123 cm³/mol. The van der Waals surface area contributed by atoms with E-state index in [9.17, 15) is 0 Å². The van der Waals surface area contributed by atoms with Crippen molar-refractivity contribution < 1.29 is 4.74 Å². The number of para-hydroxylation sites is 3. The number of ether oxygens (including phenoxy) is 1. The van der Waals surface area contributed by atoms with Gasteiger partial charge in [0.1, 0.15) is 17.4 Å². The van der Waals surface area contributed by atoms with Crippen molar-refractivity contribution in [3.63, 3.8) is 0 Å². The lowest BCUT2D eigenvalue weighted by Gasteiger charge is -2.10. The molecule has 2 aromatic carbocycles. The molecule has 0 saturated carbocycles. The first-order valence-corrected chi connectivity index (χ1v) is 10.7. The summed E-state index contributed by atoms with van der Waals surface area (Å²) in [5.74, 6) is 2.75. The predicted octanol–water partition coefficient (Wildman–Crippen LogP) is 3.40. The Hall–Kier alpha value is -3.99. The van der Waals surface area contributed by atoms with Gasteiger partial charge >= 0.3 is 0 Å². The maximum Gasteiger partial charge on any atom is 0.232 e. The number of nitrogens with zero attached hydrogens (tertiary/aromatic N) is 7. The van der Waals surface area contributed by atoms with E-state index in [0.717, 1.165) is 22.2 Å². The first-order chi connectivity index (χ1) is 15.6. The normalized spacial score (nSPS) is 11.2. The maximum atomic E-state index is 5.93. The average Bonchev–Trinajstić information content (AvgIpc) is 3.19. The molecular formula is C21H19N9OS. The van der Waals surface area contributed by atoms with Gasteiger partial charge in [0.2, 0.25) is 11.9 Å². The Kier molecular flexibility index (Phi) is 5.15. The van der Waals surface area contributed by atoms with Gasteiger partial charge in [-0.3, -0.25) is 0 Å². The third-order valence-corrected chi connectivity index (χ3v) is 5.56. The summed E-state index contributed by atoms with van der Waals surface area (Å²) in [7, 11) is 1.60. The number of anilines is 3. The second-order valence-corrected chi connectivity index (χ2v) is 7.80. The van der Waals surface area contributed by atoms with Crippen molar-refractivity contribution in [2.45, 2.75) is 17.8 Å². The Bertz CT molecular complexity index is 1440. The number of aromatic nitrogens is 7. The number of thioether (sulfide) groups is 1. The molecule has 5 aromatic rings. The van der Waals surface area contributed by atoms with Gasteiger partial charge in [-0.15, -0.1) is 5.10 Å². The van der Waals surface area contributed by atoms with E-state index in [1.807, 2.05) is 55.5 Å². The highest BCUT2D eigenvalue weighted by molar-refractivity contribution is 7.98. The van der Waals surface area contributed by atoms with Crippen molar-refractivity contribution >= 4 is 45.9 Å². The summed E-state index contributed by atoms with van der Waals surface area (Å²) >= 11 is 1.45. The van der Waals surface area contributed by atoms with Crippen molar-refractivity contribution in [2.75, 3.05) is 18.2 Å². The Balaban J connectivity index is 1.44. The quantitative estimate of drug-likeness (QED) is 0.296. The highest BCUT2D eigenvalue weighted by Crippen LogP contribution is 2.28. The minimum atomic E-state index is 0.126. The van der Waals surface area contributed by atoms with Gasteiger partial charge in [-0.1, -0.05) is 36.0 Å². The number of hydrogen-bond acceptors (Lipinski definition) is 10. The molecule has 5 rings (SSSR count). The van der Waals surface area contributed by atoms with Crippen LogP contribution in [0.5, 0.6) is 5.75 Å². The van der Waals surface area contributed by atoms with Gasteiger partial charge in [0.15, 0.2) is 10.8 Å². The fourth-order valence-corrected chi connectivity index (χ4v) is 4.08. The topological polar surface area (TPSA) is 129 Å². The summed E-state index contributed by atoms with van der Waals surface area (Å²) in [6, 6.07) is 15.4. The molecule has 32 heavy (non-hydrogen) atoms. The van der Waals surface area contributed by atoms with Gasteiger partial charge < -0.3 is 15.8 Å². The van der Waals surface area contributed by atoms with Crippen LogP contribution in [0.3, 0.4) is 0 Å². The number of nitrogens with one attached hydrogen (secondary N) is 1. The molecule has 11 heteroatoms. The van der Waals surface area contributed by atoms with Gasteiger partial charge in [0.05, 0.1) is 24.1 Å². The van der Waals surface area contributed by atoms with Crippen LogP contribution in [0.2, 0.25) is 0 Å². The van der Waals surface area contributed by atoms with Crippen LogP contribution in [0.15, 0.2) is 53.7 Å². The molecule has 0 fully saturated rings. The fraction of sp³-hybridized carbons (Fsp3) is 0.143. The number of nitrogens with two attached hydrogens (primary N) is 1. The minimum Gasteiger partial charge on any atom is -0.495 e. The van der Waals surface area contributed by atoms with Crippen LogP contribution >= 0.6 is 11.8 Å². The van der Waals surface area contributed by atoms with E-state index < -0.39 is 0 Å². The second-order valence-electron chi connectivity index (χ2n) is 6.85. The van der Waals surface area contributed by atoms with E-state index in [2.05, 4.69) is 30.4 Å². The number of nitrogen functional groups attached to an aromatic ring is 1. The number of hydrogen-bond donors (Lipinski definition) is 2. The molecule has 3 N–H and O–H groups in total. The van der Waals surface area contributed by atoms with E-state index in [1.165, 1.54) is 11.8 Å². The summed E-state index contributed by atoms with van der Waals surface area (Å²) in [5, 5.41) is 9.29. The van der Waals surface area contributed by atoms with Crippen molar-refractivity contribution in [2.24, 2.45) is 0 Å². The lowest BCUT2D eigenvalue weighted by Crippen LogP contribution is -2.07. The van der Waals surface area contributed by atoms with Crippen LogP contribution in [-0.2, 0) is 5.75 Å². The molecule has 0 bridgehead atoms. The lowest BCUT2D eigenvalue weighted by molar-refractivity contribution is 0.417. The van der Waals surface area contributed by atoms with E-state index in [1.54, 1.807) is 11.6 Å². The first kappa shape index (κ1) is 19.9. The van der Waals surface area contributed by atoms with Crippen molar-refractivity contribution in [1.82, 2.24) is 34.5 Å². The Morgan fingerprint density at radius 1 is 1.00 bits per heavy atom. The molecule has 0 unspecified atom stereocenters. The molecule has 0 amide bonds. The molecule has 0 saturated heterocycles. The van der Waals surface area contributed by atoms with Gasteiger partial charge in [0.25, 0.3) is 0 Å². The van der Waals surface area contributed by atoms with Gasteiger partial charge in [-0.2, -0.15) is 19.5 Å². The molecule has 3 aromatic heterocycles. The molecule has 0 atom stereocenters. The number of methoxy groups -OCH3 is 1. The van der Waals surface area contributed by atoms with E-state index in [-0.39, 0.29) is 5.95 Å². The van der Waals surface area contributed by atoms with Gasteiger partial charge in [-0.25, -0.2) is 9.97 Å². The summed E-state index contributed by atoms with van der Waals surface area (Å²) in [4.78, 5) is 22.3. The van der Waals surface area contributed by atoms with E-state index in [0.29, 0.717) is 34.3 Å². The molecule has 0 spiro atoms. The van der Waals surface area contributed by atoms with Crippen LogP contribution in [0.1, 0.15) is 11.6 Å². The monoisotopic (exact) mass is 445 g/mol. The smallest absolute Gasteiger partial charge is 0.232 e. The molecule has 0 aliphatic rings. The molecule has 0 aliphatic heterocycles. The molecule has 160 valence electrons. The summed E-state index contributed by atoms with van der Waals surface area (Å²) < 4.78 is 7.12. The zero-order valence-electron chi connectivity index (χ0n) is 17.4. The van der Waals surface area contributed by atoms with Gasteiger partial charge in [0, 0.05) is 5.39 Å². The molecule has 10 nitrogen and oxygen atoms in total. The van der Waals surface area contributed by atoms with Crippen molar-refractivity contribution in [3.05, 3.63) is 60.2 Å².